The number of anilines is 2. The number of halogens is 2. The van der Waals surface area contributed by atoms with E-state index in [0.717, 1.165) is 19.0 Å². The Morgan fingerprint density at radius 3 is 2.67 bits per heavy atom. The first-order valence-electron chi connectivity index (χ1n) is 8.60. The average Bonchev–Trinajstić information content (AvgIpc) is 3.18. The van der Waals surface area contributed by atoms with Gasteiger partial charge in [0.1, 0.15) is 11.6 Å². The number of allylic oxidation sites excluding steroid dienone is 1. The Hall–Kier alpha value is -3.06. The van der Waals surface area contributed by atoms with Gasteiger partial charge in [-0.1, -0.05) is 18.2 Å². The van der Waals surface area contributed by atoms with E-state index in [9.17, 15) is 13.6 Å². The van der Waals surface area contributed by atoms with Crippen molar-refractivity contribution in [1.82, 2.24) is 5.32 Å². The standard InChI is InChI=1S/C20H20F2N4O/c21-13-6-3-12(4-7-13)5-8-16(23)14-10-19(15(22)11-17(14)24)26-20(27)18-2-1-9-25-18/h3-8,10-11,18,23,25H,1-2,9,24H2,(H,26,27)/b8-5+,23-16?/t18-/m0/s1. The van der Waals surface area contributed by atoms with Crippen LogP contribution in [0.25, 0.3) is 6.08 Å². The van der Waals surface area contributed by atoms with E-state index in [1.165, 1.54) is 24.3 Å². The quantitative estimate of drug-likeness (QED) is 0.481. The Bertz CT molecular complexity index is 888. The van der Waals surface area contributed by atoms with Crippen LogP contribution in [0.3, 0.4) is 0 Å². The van der Waals surface area contributed by atoms with Gasteiger partial charge in [0.2, 0.25) is 5.91 Å². The summed E-state index contributed by atoms with van der Waals surface area (Å²) >= 11 is 0. The highest BCUT2D eigenvalue weighted by molar-refractivity contribution is 6.12. The highest BCUT2D eigenvalue weighted by Gasteiger charge is 2.23. The molecule has 5 nitrogen and oxygen atoms in total. The first kappa shape index (κ1) is 18.7. The zero-order chi connectivity index (χ0) is 19.4. The van der Waals surface area contributed by atoms with Crippen LogP contribution in [0.5, 0.6) is 0 Å². The molecule has 1 heterocycles. The molecule has 0 spiro atoms. The fraction of sp³-hybridized carbons (Fsp3) is 0.200. The molecule has 2 aromatic rings. The van der Waals surface area contributed by atoms with E-state index in [0.29, 0.717) is 17.5 Å². The van der Waals surface area contributed by atoms with Gasteiger partial charge in [-0.15, -0.1) is 0 Å². The fourth-order valence-corrected chi connectivity index (χ4v) is 2.89. The topological polar surface area (TPSA) is 91.0 Å². The SMILES string of the molecule is N=C(/C=C/c1ccc(F)cc1)c1cc(NC(=O)[C@@H]2CCCN2)c(F)cc1N. The predicted octanol–water partition coefficient (Wildman–Crippen LogP) is 3.32. The molecule has 0 aromatic heterocycles. The maximum absolute atomic E-state index is 14.2. The molecular weight excluding hydrogens is 350 g/mol. The van der Waals surface area contributed by atoms with Gasteiger partial charge in [-0.05, 0) is 55.3 Å². The van der Waals surface area contributed by atoms with Crippen molar-refractivity contribution in [2.75, 3.05) is 17.6 Å². The minimum Gasteiger partial charge on any atom is -0.398 e. The number of nitrogen functional groups attached to an aromatic ring is 1. The number of nitrogens with two attached hydrogens (primary N) is 1. The van der Waals surface area contributed by atoms with Crippen LogP contribution < -0.4 is 16.4 Å². The second-order valence-electron chi connectivity index (χ2n) is 6.36. The van der Waals surface area contributed by atoms with Crippen LogP contribution in [0.1, 0.15) is 24.0 Å². The lowest BCUT2D eigenvalue weighted by Gasteiger charge is -2.14. The number of carbonyl (C=O) groups excluding carboxylic acids is 1. The van der Waals surface area contributed by atoms with Crippen molar-refractivity contribution < 1.29 is 13.6 Å². The molecule has 1 aliphatic heterocycles. The van der Waals surface area contributed by atoms with Gasteiger partial charge in [-0.2, -0.15) is 0 Å². The Morgan fingerprint density at radius 1 is 1.26 bits per heavy atom. The first-order chi connectivity index (χ1) is 12.9. The molecule has 1 fully saturated rings. The van der Waals surface area contributed by atoms with Crippen LogP contribution in [-0.4, -0.2) is 24.2 Å². The van der Waals surface area contributed by atoms with E-state index in [4.69, 9.17) is 11.1 Å². The van der Waals surface area contributed by atoms with Crippen LogP contribution in [0, 0.1) is 17.0 Å². The van der Waals surface area contributed by atoms with E-state index < -0.39 is 5.82 Å². The van der Waals surface area contributed by atoms with Gasteiger partial charge in [0, 0.05) is 11.3 Å². The molecule has 140 valence electrons. The second-order valence-corrected chi connectivity index (χ2v) is 6.36. The number of hydrogen-bond donors (Lipinski definition) is 4. The van der Waals surface area contributed by atoms with Crippen molar-refractivity contribution in [3.8, 4) is 0 Å². The summed E-state index contributed by atoms with van der Waals surface area (Å²) in [7, 11) is 0. The highest BCUT2D eigenvalue weighted by Crippen LogP contribution is 2.24. The Labute approximate surface area is 155 Å². The lowest BCUT2D eigenvalue weighted by Crippen LogP contribution is -2.35. The first-order valence-corrected chi connectivity index (χ1v) is 8.60. The van der Waals surface area contributed by atoms with Crippen LogP contribution in [0.2, 0.25) is 0 Å². The lowest BCUT2D eigenvalue weighted by atomic mass is 10.0. The van der Waals surface area contributed by atoms with E-state index >= 15 is 0 Å². The molecule has 1 aliphatic rings. The minimum absolute atomic E-state index is 0.0159. The number of amides is 1. The van der Waals surface area contributed by atoms with Crippen LogP contribution in [0.4, 0.5) is 20.2 Å². The van der Waals surface area contributed by atoms with Crippen molar-refractivity contribution in [2.24, 2.45) is 0 Å². The summed E-state index contributed by atoms with van der Waals surface area (Å²) in [6, 6.07) is 7.90. The Kier molecular flexibility index (Phi) is 5.61. The Morgan fingerprint density at radius 2 is 2.00 bits per heavy atom. The summed E-state index contributed by atoms with van der Waals surface area (Å²) in [6.45, 7) is 0.756. The maximum atomic E-state index is 14.2. The van der Waals surface area contributed by atoms with Gasteiger partial charge in [0.05, 0.1) is 17.4 Å². The van der Waals surface area contributed by atoms with Gasteiger partial charge >= 0.3 is 0 Å². The molecule has 0 radical (unpaired) electrons. The molecule has 0 aliphatic carbocycles. The third-order valence-corrected chi connectivity index (χ3v) is 4.38. The molecule has 1 amide bonds. The summed E-state index contributed by atoms with van der Waals surface area (Å²) in [4.78, 5) is 12.2. The van der Waals surface area contributed by atoms with Gasteiger partial charge < -0.3 is 21.8 Å². The van der Waals surface area contributed by atoms with Gasteiger partial charge in [-0.3, -0.25) is 4.79 Å². The zero-order valence-corrected chi connectivity index (χ0v) is 14.6. The fourth-order valence-electron chi connectivity index (χ4n) is 2.89. The van der Waals surface area contributed by atoms with Crippen molar-refractivity contribution in [3.63, 3.8) is 0 Å². The number of nitrogens with one attached hydrogen (secondary N) is 3. The van der Waals surface area contributed by atoms with Gasteiger partial charge in [-0.25, -0.2) is 8.78 Å². The molecule has 27 heavy (non-hydrogen) atoms. The van der Waals surface area contributed by atoms with E-state index in [2.05, 4.69) is 10.6 Å². The molecule has 1 saturated heterocycles. The summed E-state index contributed by atoms with van der Waals surface area (Å²) < 4.78 is 27.1. The molecule has 7 heteroatoms. The maximum Gasteiger partial charge on any atom is 0.241 e. The van der Waals surface area contributed by atoms with E-state index in [-0.39, 0.29) is 34.9 Å². The van der Waals surface area contributed by atoms with Crippen molar-refractivity contribution in [2.45, 2.75) is 18.9 Å². The molecular formula is C20H20F2N4O. The Balaban J connectivity index is 1.78. The average molecular weight is 370 g/mol. The zero-order valence-electron chi connectivity index (χ0n) is 14.6. The molecule has 2 aromatic carbocycles. The third-order valence-electron chi connectivity index (χ3n) is 4.38. The second kappa shape index (κ2) is 8.09. The van der Waals surface area contributed by atoms with Crippen molar-refractivity contribution >= 4 is 29.1 Å². The number of hydrogen-bond acceptors (Lipinski definition) is 4. The predicted molar refractivity (Wildman–Crippen MR) is 103 cm³/mol. The number of carbonyl (C=O) groups is 1. The van der Waals surface area contributed by atoms with Crippen molar-refractivity contribution in [3.05, 3.63) is 65.2 Å². The minimum atomic E-state index is -0.655. The number of rotatable bonds is 5. The molecule has 5 N–H and O–H groups in total. The molecule has 0 bridgehead atoms. The largest absolute Gasteiger partial charge is 0.398 e. The van der Waals surface area contributed by atoms with Crippen LogP contribution >= 0.6 is 0 Å². The van der Waals surface area contributed by atoms with E-state index in [1.54, 1.807) is 18.2 Å². The third kappa shape index (κ3) is 4.57. The summed E-state index contributed by atoms with van der Waals surface area (Å²) in [5.74, 6) is -1.31. The lowest BCUT2D eigenvalue weighted by molar-refractivity contribution is -0.117. The van der Waals surface area contributed by atoms with Crippen LogP contribution in [-0.2, 0) is 4.79 Å². The van der Waals surface area contributed by atoms with Crippen molar-refractivity contribution in [1.29, 1.82) is 5.41 Å². The normalized spacial score (nSPS) is 16.6. The molecule has 0 saturated carbocycles. The molecule has 0 unspecified atom stereocenters. The summed E-state index contributed by atoms with van der Waals surface area (Å²) in [6.07, 6.45) is 4.71. The highest BCUT2D eigenvalue weighted by atomic mass is 19.1. The smallest absolute Gasteiger partial charge is 0.241 e. The number of benzene rings is 2. The van der Waals surface area contributed by atoms with Gasteiger partial charge in [0.25, 0.3) is 0 Å². The van der Waals surface area contributed by atoms with Gasteiger partial charge in [0.15, 0.2) is 0 Å². The van der Waals surface area contributed by atoms with E-state index in [1.807, 2.05) is 0 Å². The summed E-state index contributed by atoms with van der Waals surface area (Å²) in [5, 5.41) is 13.8. The monoisotopic (exact) mass is 370 g/mol. The molecule has 3 rings (SSSR count). The summed E-state index contributed by atoms with van der Waals surface area (Å²) in [5.41, 5.74) is 6.98. The van der Waals surface area contributed by atoms with Crippen LogP contribution in [0.15, 0.2) is 42.5 Å². The molecule has 1 atom stereocenters.